The van der Waals surface area contributed by atoms with Crippen LogP contribution in [0.2, 0.25) is 0 Å². The van der Waals surface area contributed by atoms with Gasteiger partial charge in [-0.2, -0.15) is 0 Å². The number of halogens is 2. The van der Waals surface area contributed by atoms with Crippen LogP contribution in [0.3, 0.4) is 0 Å². The summed E-state index contributed by atoms with van der Waals surface area (Å²) in [4.78, 5) is 14.3. The van der Waals surface area contributed by atoms with Gasteiger partial charge in [-0.05, 0) is 70.0 Å². The number of hydrogen-bond acceptors (Lipinski definition) is 4. The molecule has 5 nitrogen and oxygen atoms in total. The summed E-state index contributed by atoms with van der Waals surface area (Å²) < 4.78 is 38.0. The van der Waals surface area contributed by atoms with Gasteiger partial charge in [0.25, 0.3) is 0 Å². The first-order chi connectivity index (χ1) is 11.8. The molecule has 1 atom stereocenters. The van der Waals surface area contributed by atoms with Gasteiger partial charge in [-0.1, -0.05) is 0 Å². The van der Waals surface area contributed by atoms with Crippen LogP contribution in [0.5, 0.6) is 0 Å². The molecule has 1 saturated heterocycles. The van der Waals surface area contributed by atoms with Crippen LogP contribution in [-0.4, -0.2) is 51.2 Å². The van der Waals surface area contributed by atoms with Crippen molar-refractivity contribution in [3.63, 3.8) is 0 Å². The summed E-state index contributed by atoms with van der Waals surface area (Å²) in [5.74, 6) is 0.0194. The minimum atomic E-state index is -3.63. The Bertz CT molecular complexity index is 674. The highest BCUT2D eigenvalue weighted by Crippen LogP contribution is 2.23. The Labute approximate surface area is 161 Å². The van der Waals surface area contributed by atoms with Crippen LogP contribution in [0.25, 0.3) is 0 Å². The maximum absolute atomic E-state index is 13.0. The third kappa shape index (κ3) is 5.93. The zero-order valence-corrected chi connectivity index (χ0v) is 16.9. The molecule has 8 heteroatoms. The molecule has 1 N–H and O–H groups in total. The van der Waals surface area contributed by atoms with Crippen LogP contribution in [0.15, 0.2) is 29.2 Å². The third-order valence-corrected chi connectivity index (χ3v) is 7.06. The number of likely N-dealkylation sites (tertiary alicyclic amines) is 1. The van der Waals surface area contributed by atoms with E-state index < -0.39 is 20.9 Å². The molecule has 1 aliphatic rings. The van der Waals surface area contributed by atoms with Gasteiger partial charge in [-0.25, -0.2) is 12.8 Å². The molecule has 0 aliphatic carbocycles. The molecule has 1 aromatic carbocycles. The topological polar surface area (TPSA) is 66.5 Å². The second kappa shape index (κ2) is 10.2. The van der Waals surface area contributed by atoms with Crippen LogP contribution in [0.1, 0.15) is 32.6 Å². The molecule has 0 radical (unpaired) electrons. The van der Waals surface area contributed by atoms with Gasteiger partial charge in [0, 0.05) is 19.5 Å². The Kier molecular flexibility index (Phi) is 9.00. The van der Waals surface area contributed by atoms with Crippen LogP contribution < -0.4 is 5.32 Å². The number of sulfone groups is 1. The van der Waals surface area contributed by atoms with E-state index in [2.05, 4.69) is 5.32 Å². The van der Waals surface area contributed by atoms with Crippen LogP contribution in [-0.2, 0) is 14.6 Å². The maximum atomic E-state index is 13.0. The van der Waals surface area contributed by atoms with E-state index in [9.17, 15) is 17.6 Å². The van der Waals surface area contributed by atoms with Gasteiger partial charge in [0.2, 0.25) is 5.91 Å². The van der Waals surface area contributed by atoms with Gasteiger partial charge < -0.3 is 10.2 Å². The number of piperidine rings is 1. The molecule has 26 heavy (non-hydrogen) atoms. The molecule has 0 aromatic heterocycles. The van der Waals surface area contributed by atoms with E-state index in [1.54, 1.807) is 4.90 Å². The van der Waals surface area contributed by atoms with E-state index in [-0.39, 0.29) is 29.6 Å². The number of carbonyl (C=O) groups is 1. The molecule has 2 rings (SSSR count). The Morgan fingerprint density at radius 1 is 1.27 bits per heavy atom. The average molecular weight is 407 g/mol. The summed E-state index contributed by atoms with van der Waals surface area (Å²) in [6, 6.07) is 4.74. The molecular formula is C18H28ClFN2O3S. The first-order valence-corrected chi connectivity index (χ1v) is 10.3. The van der Waals surface area contributed by atoms with Crippen LogP contribution >= 0.6 is 12.4 Å². The number of amides is 1. The van der Waals surface area contributed by atoms with Crippen molar-refractivity contribution in [3.8, 4) is 0 Å². The van der Waals surface area contributed by atoms with Crippen molar-refractivity contribution in [2.24, 2.45) is 5.92 Å². The van der Waals surface area contributed by atoms with Gasteiger partial charge in [-0.15, -0.1) is 12.4 Å². The highest BCUT2D eigenvalue weighted by atomic mass is 35.5. The molecular weight excluding hydrogens is 379 g/mol. The van der Waals surface area contributed by atoms with Gasteiger partial charge in [0.05, 0.1) is 10.1 Å². The van der Waals surface area contributed by atoms with E-state index in [1.165, 1.54) is 19.1 Å². The summed E-state index contributed by atoms with van der Waals surface area (Å²) in [5, 5.41) is 2.31. The lowest BCUT2D eigenvalue weighted by Crippen LogP contribution is -2.40. The highest BCUT2D eigenvalue weighted by Gasteiger charge is 2.29. The Hall–Kier alpha value is -1.18. The minimum absolute atomic E-state index is 0. The molecule has 148 valence electrons. The van der Waals surface area contributed by atoms with Crippen LogP contribution in [0, 0.1) is 11.7 Å². The zero-order chi connectivity index (χ0) is 18.4. The van der Waals surface area contributed by atoms with E-state index in [4.69, 9.17) is 0 Å². The van der Waals surface area contributed by atoms with Crippen molar-refractivity contribution in [2.45, 2.75) is 42.8 Å². The number of carbonyl (C=O) groups excluding carboxylic acids is 1. The van der Waals surface area contributed by atoms with Crippen LogP contribution in [0.4, 0.5) is 4.39 Å². The van der Waals surface area contributed by atoms with Gasteiger partial charge in [0.15, 0.2) is 9.84 Å². The summed E-state index contributed by atoms with van der Waals surface area (Å²) in [6.07, 6.45) is 2.99. The molecule has 0 bridgehead atoms. The summed E-state index contributed by atoms with van der Waals surface area (Å²) in [5.41, 5.74) is 0. The summed E-state index contributed by atoms with van der Waals surface area (Å²) in [6.45, 7) is 3.90. The monoisotopic (exact) mass is 406 g/mol. The summed E-state index contributed by atoms with van der Waals surface area (Å²) >= 11 is 0. The summed E-state index contributed by atoms with van der Waals surface area (Å²) in [7, 11) is -1.70. The van der Waals surface area contributed by atoms with Crippen molar-refractivity contribution < 1.29 is 17.6 Å². The predicted octanol–water partition coefficient (Wildman–Crippen LogP) is 2.65. The molecule has 0 spiro atoms. The third-order valence-electron chi connectivity index (χ3n) is 4.90. The first kappa shape index (κ1) is 22.9. The number of benzene rings is 1. The van der Waals surface area contributed by atoms with Crippen molar-refractivity contribution in [2.75, 3.05) is 26.7 Å². The Morgan fingerprint density at radius 2 is 1.85 bits per heavy atom. The second-order valence-corrected chi connectivity index (χ2v) is 9.10. The molecule has 1 fully saturated rings. The molecule has 1 aromatic rings. The van der Waals surface area contributed by atoms with Crippen molar-refractivity contribution in [3.05, 3.63) is 30.1 Å². The lowest BCUT2D eigenvalue weighted by atomic mass is 9.93. The van der Waals surface area contributed by atoms with Gasteiger partial charge >= 0.3 is 0 Å². The predicted molar refractivity (Wildman–Crippen MR) is 103 cm³/mol. The average Bonchev–Trinajstić information content (AvgIpc) is 2.60. The Balaban J connectivity index is 0.00000338. The fourth-order valence-corrected chi connectivity index (χ4v) is 4.50. The van der Waals surface area contributed by atoms with E-state index in [0.717, 1.165) is 37.9 Å². The number of nitrogens with one attached hydrogen (secondary N) is 1. The zero-order valence-electron chi connectivity index (χ0n) is 15.3. The first-order valence-electron chi connectivity index (χ1n) is 8.76. The highest BCUT2D eigenvalue weighted by molar-refractivity contribution is 7.92. The number of hydrogen-bond donors (Lipinski definition) is 1. The smallest absolute Gasteiger partial charge is 0.223 e. The quantitative estimate of drug-likeness (QED) is 0.707. The number of rotatable bonds is 7. The van der Waals surface area contributed by atoms with Gasteiger partial charge in [0.1, 0.15) is 5.82 Å². The Morgan fingerprint density at radius 3 is 2.38 bits per heavy atom. The lowest BCUT2D eigenvalue weighted by Gasteiger charge is -2.32. The molecule has 1 heterocycles. The fourth-order valence-electron chi connectivity index (χ4n) is 3.16. The minimum Gasteiger partial charge on any atom is -0.343 e. The SMILES string of the molecule is CNCCC1CCN(C(=O)CC(C)S(=O)(=O)c2ccc(F)cc2)CC1.Cl. The van der Waals surface area contributed by atoms with Crippen molar-refractivity contribution in [1.29, 1.82) is 0 Å². The van der Waals surface area contributed by atoms with Crippen molar-refractivity contribution in [1.82, 2.24) is 10.2 Å². The number of nitrogens with zero attached hydrogens (tertiary/aromatic N) is 1. The normalized spacial score (nSPS) is 16.8. The second-order valence-electron chi connectivity index (χ2n) is 6.73. The molecule has 0 saturated carbocycles. The largest absolute Gasteiger partial charge is 0.343 e. The van der Waals surface area contributed by atoms with Gasteiger partial charge in [-0.3, -0.25) is 4.79 Å². The van der Waals surface area contributed by atoms with E-state index in [1.807, 2.05) is 7.05 Å². The molecule has 1 unspecified atom stereocenters. The molecule has 1 amide bonds. The maximum Gasteiger partial charge on any atom is 0.223 e. The molecule has 1 aliphatic heterocycles. The van der Waals surface area contributed by atoms with E-state index in [0.29, 0.717) is 19.0 Å². The van der Waals surface area contributed by atoms with Crippen molar-refractivity contribution >= 4 is 28.2 Å². The van der Waals surface area contributed by atoms with E-state index >= 15 is 0 Å². The fraction of sp³-hybridized carbons (Fsp3) is 0.611. The standard InChI is InChI=1S/C18H27FN2O3S.ClH/c1-14(25(23,24)17-5-3-16(19)4-6-17)13-18(22)21-11-8-15(9-12-21)7-10-20-2;/h3-6,14-15,20H,7-13H2,1-2H3;1H. The lowest BCUT2D eigenvalue weighted by molar-refractivity contribution is -0.132.